The van der Waals surface area contributed by atoms with Gasteiger partial charge in [0.25, 0.3) is 0 Å². The number of rotatable bonds is 2. The summed E-state index contributed by atoms with van der Waals surface area (Å²) in [7, 11) is 0. The fourth-order valence-corrected chi connectivity index (χ4v) is 1.71. The molecule has 2 atom stereocenters. The molecule has 4 nitrogen and oxygen atoms in total. The first kappa shape index (κ1) is 9.40. The smallest absolute Gasteiger partial charge is 0.232 e. The molecule has 1 aromatic rings. The zero-order valence-corrected chi connectivity index (χ0v) is 8.31. The highest BCUT2D eigenvalue weighted by molar-refractivity contribution is 5.02. The van der Waals surface area contributed by atoms with Crippen molar-refractivity contribution >= 4 is 0 Å². The molecule has 1 aromatic heterocycles. The van der Waals surface area contributed by atoms with Crippen molar-refractivity contribution in [1.82, 2.24) is 15.3 Å². The van der Waals surface area contributed by atoms with Gasteiger partial charge in [-0.25, -0.2) is 4.98 Å². The first-order chi connectivity index (χ1) is 6.84. The van der Waals surface area contributed by atoms with E-state index in [2.05, 4.69) is 22.2 Å². The molecule has 1 saturated heterocycles. The van der Waals surface area contributed by atoms with Crippen molar-refractivity contribution in [3.8, 4) is 5.88 Å². The summed E-state index contributed by atoms with van der Waals surface area (Å²) >= 11 is 0. The molecule has 0 spiro atoms. The second kappa shape index (κ2) is 4.37. The molecule has 2 rings (SSSR count). The molecule has 76 valence electrons. The highest BCUT2D eigenvalue weighted by Gasteiger charge is 2.19. The average Bonchev–Trinajstić information content (AvgIpc) is 2.19. The highest BCUT2D eigenvalue weighted by Crippen LogP contribution is 2.14. The Labute approximate surface area is 83.7 Å². The van der Waals surface area contributed by atoms with Gasteiger partial charge < -0.3 is 10.1 Å². The Morgan fingerprint density at radius 2 is 2.43 bits per heavy atom. The lowest BCUT2D eigenvalue weighted by Crippen LogP contribution is -2.40. The summed E-state index contributed by atoms with van der Waals surface area (Å²) in [5.41, 5.74) is 0. The van der Waals surface area contributed by atoms with Crippen molar-refractivity contribution in [3.05, 3.63) is 18.6 Å². The second-order valence-corrected chi connectivity index (χ2v) is 3.66. The van der Waals surface area contributed by atoms with E-state index in [-0.39, 0.29) is 6.10 Å². The lowest BCUT2D eigenvalue weighted by Gasteiger charge is -2.27. The third-order valence-electron chi connectivity index (χ3n) is 2.40. The number of aromatic nitrogens is 2. The Hall–Kier alpha value is -1.16. The zero-order valence-electron chi connectivity index (χ0n) is 8.31. The predicted octanol–water partition coefficient (Wildman–Crippen LogP) is 0.996. The van der Waals surface area contributed by atoms with Gasteiger partial charge in [-0.1, -0.05) is 0 Å². The maximum atomic E-state index is 5.71. The average molecular weight is 193 g/mol. The van der Waals surface area contributed by atoms with Crippen LogP contribution in [0, 0.1) is 0 Å². The molecule has 14 heavy (non-hydrogen) atoms. The number of nitrogens with zero attached hydrogens (tertiary/aromatic N) is 2. The maximum absolute atomic E-state index is 5.71. The van der Waals surface area contributed by atoms with E-state index in [1.54, 1.807) is 18.6 Å². The largest absolute Gasteiger partial charge is 0.473 e. The monoisotopic (exact) mass is 193 g/mol. The molecule has 0 unspecified atom stereocenters. The van der Waals surface area contributed by atoms with Gasteiger partial charge in [0.2, 0.25) is 5.88 Å². The maximum Gasteiger partial charge on any atom is 0.232 e. The first-order valence-electron chi connectivity index (χ1n) is 5.00. The Balaban J connectivity index is 1.91. The van der Waals surface area contributed by atoms with Gasteiger partial charge in [-0.15, -0.1) is 0 Å². The molecular weight excluding hydrogens is 178 g/mol. The van der Waals surface area contributed by atoms with Crippen LogP contribution >= 0.6 is 0 Å². The van der Waals surface area contributed by atoms with E-state index < -0.39 is 0 Å². The van der Waals surface area contributed by atoms with E-state index in [1.165, 1.54) is 0 Å². The molecule has 4 heteroatoms. The van der Waals surface area contributed by atoms with E-state index in [4.69, 9.17) is 4.74 Å². The number of nitrogens with one attached hydrogen (secondary N) is 1. The summed E-state index contributed by atoms with van der Waals surface area (Å²) in [5, 5.41) is 3.38. The molecule has 0 radical (unpaired) electrons. The molecular formula is C10H15N3O. The van der Waals surface area contributed by atoms with Gasteiger partial charge in [0.1, 0.15) is 6.10 Å². The lowest BCUT2D eigenvalue weighted by atomic mass is 10.0. The molecule has 1 fully saturated rings. The lowest BCUT2D eigenvalue weighted by molar-refractivity contribution is 0.137. The van der Waals surface area contributed by atoms with Gasteiger partial charge in [-0.2, -0.15) is 0 Å². The molecule has 1 aliphatic heterocycles. The number of ether oxygens (including phenoxy) is 1. The van der Waals surface area contributed by atoms with Gasteiger partial charge >= 0.3 is 0 Å². The minimum Gasteiger partial charge on any atom is -0.473 e. The van der Waals surface area contributed by atoms with Crippen LogP contribution in [0.1, 0.15) is 19.8 Å². The Morgan fingerprint density at radius 1 is 1.50 bits per heavy atom. The van der Waals surface area contributed by atoms with Crippen molar-refractivity contribution in [2.24, 2.45) is 0 Å². The van der Waals surface area contributed by atoms with E-state index in [0.29, 0.717) is 11.9 Å². The Kier molecular flexibility index (Phi) is 2.93. The van der Waals surface area contributed by atoms with Crippen LogP contribution in [0.2, 0.25) is 0 Å². The SMILES string of the molecule is C[C@H]1C[C@@H](Oc2cnccn2)CCN1. The van der Waals surface area contributed by atoms with E-state index in [9.17, 15) is 0 Å². The van der Waals surface area contributed by atoms with Gasteiger partial charge in [-0.3, -0.25) is 4.98 Å². The third-order valence-corrected chi connectivity index (χ3v) is 2.40. The molecule has 0 saturated carbocycles. The van der Waals surface area contributed by atoms with Crippen LogP contribution in [0.5, 0.6) is 5.88 Å². The molecule has 0 bridgehead atoms. The molecule has 0 aliphatic carbocycles. The quantitative estimate of drug-likeness (QED) is 0.761. The topological polar surface area (TPSA) is 47.0 Å². The molecule has 0 aromatic carbocycles. The first-order valence-corrected chi connectivity index (χ1v) is 5.00. The summed E-state index contributed by atoms with van der Waals surface area (Å²) < 4.78 is 5.71. The van der Waals surface area contributed by atoms with E-state index in [1.807, 2.05) is 0 Å². The highest BCUT2D eigenvalue weighted by atomic mass is 16.5. The number of piperidine rings is 1. The van der Waals surface area contributed by atoms with Crippen LogP contribution in [-0.2, 0) is 0 Å². The third kappa shape index (κ3) is 2.42. The van der Waals surface area contributed by atoms with Crippen LogP contribution < -0.4 is 10.1 Å². The molecule has 2 heterocycles. The second-order valence-electron chi connectivity index (χ2n) is 3.66. The fourth-order valence-electron chi connectivity index (χ4n) is 1.71. The molecule has 1 aliphatic rings. The Bertz CT molecular complexity index is 278. The van der Waals surface area contributed by atoms with E-state index in [0.717, 1.165) is 19.4 Å². The minimum atomic E-state index is 0.281. The predicted molar refractivity (Wildman–Crippen MR) is 53.1 cm³/mol. The van der Waals surface area contributed by atoms with Gasteiger partial charge in [0.05, 0.1) is 6.20 Å². The standard InChI is InChI=1S/C10H15N3O/c1-8-6-9(2-3-12-8)14-10-7-11-4-5-13-10/h4-5,7-9,12H,2-3,6H2,1H3/t8-,9-/m0/s1. The molecule has 1 N–H and O–H groups in total. The van der Waals surface area contributed by atoms with Gasteiger partial charge in [0.15, 0.2) is 0 Å². The van der Waals surface area contributed by atoms with Crippen LogP contribution in [-0.4, -0.2) is 28.7 Å². The minimum absolute atomic E-state index is 0.281. The summed E-state index contributed by atoms with van der Waals surface area (Å²) in [6.07, 6.45) is 7.32. The zero-order chi connectivity index (χ0) is 9.80. The summed E-state index contributed by atoms with van der Waals surface area (Å²) in [6.45, 7) is 3.19. The summed E-state index contributed by atoms with van der Waals surface area (Å²) in [6, 6.07) is 0.533. The molecule has 0 amide bonds. The summed E-state index contributed by atoms with van der Waals surface area (Å²) in [4.78, 5) is 8.06. The fraction of sp³-hybridized carbons (Fsp3) is 0.600. The van der Waals surface area contributed by atoms with Crippen molar-refractivity contribution in [1.29, 1.82) is 0 Å². The van der Waals surface area contributed by atoms with Crippen molar-refractivity contribution in [2.45, 2.75) is 31.9 Å². The van der Waals surface area contributed by atoms with Crippen LogP contribution in [0.25, 0.3) is 0 Å². The van der Waals surface area contributed by atoms with Gasteiger partial charge in [-0.05, 0) is 26.3 Å². The van der Waals surface area contributed by atoms with Crippen molar-refractivity contribution in [2.75, 3.05) is 6.54 Å². The van der Waals surface area contributed by atoms with Gasteiger partial charge in [0, 0.05) is 18.4 Å². The van der Waals surface area contributed by atoms with Crippen LogP contribution in [0.3, 0.4) is 0 Å². The van der Waals surface area contributed by atoms with Crippen LogP contribution in [0.15, 0.2) is 18.6 Å². The van der Waals surface area contributed by atoms with Crippen molar-refractivity contribution in [3.63, 3.8) is 0 Å². The Morgan fingerprint density at radius 3 is 3.14 bits per heavy atom. The number of hydrogen-bond donors (Lipinski definition) is 1. The van der Waals surface area contributed by atoms with E-state index >= 15 is 0 Å². The normalized spacial score (nSPS) is 27.2. The number of hydrogen-bond acceptors (Lipinski definition) is 4. The summed E-state index contributed by atoms with van der Waals surface area (Å²) in [5.74, 6) is 0.631. The van der Waals surface area contributed by atoms with Crippen molar-refractivity contribution < 1.29 is 4.74 Å². The van der Waals surface area contributed by atoms with Crippen LogP contribution in [0.4, 0.5) is 0 Å².